The van der Waals surface area contributed by atoms with E-state index in [1.165, 1.54) is 9.80 Å². The Balaban J connectivity index is 1.79. The third kappa shape index (κ3) is 2.29. The maximum atomic E-state index is 11.4. The first kappa shape index (κ1) is 17.8. The van der Waals surface area contributed by atoms with E-state index in [4.69, 9.17) is 0 Å². The molecule has 5 rings (SSSR count). The Morgan fingerprint density at radius 3 is 1.88 bits per heavy atom. The minimum absolute atomic E-state index is 0.00702. The Morgan fingerprint density at radius 1 is 1.00 bits per heavy atom. The molecule has 0 unspecified atom stereocenters. The van der Waals surface area contributed by atoms with Gasteiger partial charge in [-0.2, -0.15) is 0 Å². The van der Waals surface area contributed by atoms with E-state index in [1.54, 1.807) is 0 Å². The summed E-state index contributed by atoms with van der Waals surface area (Å²) in [5, 5.41) is 22.0. The van der Waals surface area contributed by atoms with Crippen LogP contribution in [-0.2, 0) is 0 Å². The average molecular weight is 411 g/mol. The Labute approximate surface area is 158 Å². The van der Waals surface area contributed by atoms with Crippen LogP contribution in [0.3, 0.4) is 0 Å². The van der Waals surface area contributed by atoms with Gasteiger partial charge in [0.15, 0.2) is 0 Å². The Hall–Kier alpha value is -0.620. The van der Waals surface area contributed by atoms with Gasteiger partial charge in [0.05, 0.1) is 43.1 Å². The van der Waals surface area contributed by atoms with Gasteiger partial charge in [-0.05, 0) is 30.0 Å². The number of hydrogen-bond acceptors (Lipinski definition) is 2. The molecular weight excluding hydrogens is 380 g/mol. The highest BCUT2D eigenvalue weighted by Gasteiger charge is 2.72. The molecule has 0 saturated carbocycles. The quantitative estimate of drug-likeness (QED) is 0.589. The van der Waals surface area contributed by atoms with Crippen molar-refractivity contribution in [2.75, 3.05) is 26.2 Å². The summed E-state index contributed by atoms with van der Waals surface area (Å²) in [4.78, 5) is 3.08. The molecule has 4 aliphatic heterocycles. The largest absolute Gasteiger partial charge is 0.507 e. The SMILES string of the molecule is CC(C)C12C[NH+]3CC(C(C)C)(C[NH+](C1)C3c1ccc(Br)cc1O)C2O. The molecule has 4 heterocycles. The van der Waals surface area contributed by atoms with E-state index < -0.39 is 0 Å². The summed E-state index contributed by atoms with van der Waals surface area (Å²) >= 11 is 3.45. The fraction of sp³-hybridized carbons (Fsp3) is 0.700. The number of phenols is 1. The van der Waals surface area contributed by atoms with Crippen LogP contribution in [0.4, 0.5) is 0 Å². The predicted molar refractivity (Wildman–Crippen MR) is 100 cm³/mol. The number of aliphatic hydroxyl groups excluding tert-OH is 1. The van der Waals surface area contributed by atoms with Gasteiger partial charge in [-0.3, -0.25) is 9.80 Å². The van der Waals surface area contributed by atoms with Crippen molar-refractivity contribution in [2.24, 2.45) is 22.7 Å². The van der Waals surface area contributed by atoms with Crippen LogP contribution >= 0.6 is 15.9 Å². The topological polar surface area (TPSA) is 49.3 Å². The Bertz CT molecular complexity index is 646. The van der Waals surface area contributed by atoms with Gasteiger partial charge in [-0.1, -0.05) is 43.6 Å². The number of piperidine rings is 2. The standard InChI is InChI=1S/C20H29BrN2O2/c1-12(2)19-8-22-10-20(13(3)4,18(19)25)11-23(9-19)17(22)15-6-5-14(21)7-16(15)24/h5-7,12-13,17-18,24-25H,8-11H2,1-4H3/p+2. The fourth-order valence-electron chi connectivity index (χ4n) is 6.25. The lowest BCUT2D eigenvalue weighted by Gasteiger charge is -2.66. The van der Waals surface area contributed by atoms with Gasteiger partial charge in [-0.25, -0.2) is 0 Å². The molecule has 1 aromatic rings. The van der Waals surface area contributed by atoms with Crippen LogP contribution in [0.15, 0.2) is 22.7 Å². The number of rotatable bonds is 3. The molecule has 4 saturated heterocycles. The molecule has 25 heavy (non-hydrogen) atoms. The van der Waals surface area contributed by atoms with Crippen LogP contribution in [0.5, 0.6) is 5.75 Å². The van der Waals surface area contributed by atoms with Crippen molar-refractivity contribution >= 4 is 15.9 Å². The zero-order valence-electron chi connectivity index (χ0n) is 15.6. The van der Waals surface area contributed by atoms with Crippen LogP contribution in [0.1, 0.15) is 39.4 Å². The second-order valence-corrected chi connectivity index (χ2v) is 10.3. The highest BCUT2D eigenvalue weighted by Crippen LogP contribution is 2.48. The van der Waals surface area contributed by atoms with E-state index in [0.29, 0.717) is 17.6 Å². The normalized spacial score (nSPS) is 42.6. The number of aromatic hydroxyl groups is 1. The average Bonchev–Trinajstić information content (AvgIpc) is 2.51. The van der Waals surface area contributed by atoms with E-state index in [-0.39, 0.29) is 23.1 Å². The number of aliphatic hydroxyl groups is 1. The minimum atomic E-state index is -0.216. The van der Waals surface area contributed by atoms with Crippen molar-refractivity contribution in [3.05, 3.63) is 28.2 Å². The number of nitrogens with one attached hydrogen (secondary N) is 2. The van der Waals surface area contributed by atoms with Gasteiger partial charge in [-0.15, -0.1) is 0 Å². The lowest BCUT2D eigenvalue weighted by molar-refractivity contribution is -1.19. The molecule has 0 atom stereocenters. The highest BCUT2D eigenvalue weighted by molar-refractivity contribution is 9.10. The van der Waals surface area contributed by atoms with E-state index >= 15 is 0 Å². The smallest absolute Gasteiger partial charge is 0.243 e. The number of benzene rings is 1. The summed E-state index contributed by atoms with van der Waals surface area (Å²) in [6.45, 7) is 13.1. The maximum absolute atomic E-state index is 11.4. The molecule has 0 aromatic heterocycles. The highest BCUT2D eigenvalue weighted by atomic mass is 79.9. The second kappa shape index (κ2) is 5.69. The van der Waals surface area contributed by atoms with Crippen LogP contribution in [0.2, 0.25) is 0 Å². The van der Waals surface area contributed by atoms with Crippen molar-refractivity contribution in [1.82, 2.24) is 0 Å². The van der Waals surface area contributed by atoms with Gasteiger partial charge >= 0.3 is 0 Å². The summed E-state index contributed by atoms with van der Waals surface area (Å²) in [5.74, 6) is 1.32. The molecule has 0 aliphatic carbocycles. The van der Waals surface area contributed by atoms with Crippen LogP contribution in [0.25, 0.3) is 0 Å². The Kier molecular flexibility index (Phi) is 4.04. The van der Waals surface area contributed by atoms with Crippen molar-refractivity contribution < 1.29 is 20.0 Å². The number of hydrogen-bond donors (Lipinski definition) is 4. The van der Waals surface area contributed by atoms with E-state index in [0.717, 1.165) is 36.2 Å². The van der Waals surface area contributed by atoms with Crippen molar-refractivity contribution in [3.8, 4) is 5.75 Å². The molecule has 0 radical (unpaired) electrons. The molecule has 4 bridgehead atoms. The van der Waals surface area contributed by atoms with Crippen molar-refractivity contribution in [1.29, 1.82) is 0 Å². The zero-order valence-corrected chi connectivity index (χ0v) is 17.2. The molecule has 0 spiro atoms. The zero-order chi connectivity index (χ0) is 18.1. The van der Waals surface area contributed by atoms with Gasteiger partial charge in [0.1, 0.15) is 11.3 Å². The van der Waals surface area contributed by atoms with Crippen LogP contribution < -0.4 is 9.80 Å². The molecule has 0 amide bonds. The molecular formula is C20H31BrN2O2+2. The van der Waals surface area contributed by atoms with Gasteiger partial charge in [0.2, 0.25) is 6.17 Å². The summed E-state index contributed by atoms with van der Waals surface area (Å²) in [5.41, 5.74) is 1.04. The van der Waals surface area contributed by atoms with Crippen molar-refractivity contribution in [3.63, 3.8) is 0 Å². The second-order valence-electron chi connectivity index (χ2n) is 9.34. The lowest BCUT2D eigenvalue weighted by atomic mass is 9.52. The molecule has 5 heteroatoms. The summed E-state index contributed by atoms with van der Waals surface area (Å²) in [7, 11) is 0. The van der Waals surface area contributed by atoms with Gasteiger partial charge in [0, 0.05) is 4.47 Å². The first-order chi connectivity index (χ1) is 11.7. The van der Waals surface area contributed by atoms with E-state index in [1.807, 2.05) is 12.1 Å². The molecule has 1 aromatic carbocycles. The van der Waals surface area contributed by atoms with E-state index in [2.05, 4.69) is 49.7 Å². The fourth-order valence-corrected chi connectivity index (χ4v) is 6.59. The molecule has 4 fully saturated rings. The number of phenolic OH excluding ortho intramolecular Hbond substituents is 1. The van der Waals surface area contributed by atoms with E-state index in [9.17, 15) is 10.2 Å². The predicted octanol–water partition coefficient (Wildman–Crippen LogP) is 0.610. The minimum Gasteiger partial charge on any atom is -0.507 e. The first-order valence-corrected chi connectivity index (χ1v) is 10.4. The number of halogens is 1. The molecule has 4 N–H and O–H groups in total. The molecule has 138 valence electrons. The van der Waals surface area contributed by atoms with Crippen molar-refractivity contribution in [2.45, 2.75) is 40.0 Å². The van der Waals surface area contributed by atoms with Crippen LogP contribution in [0, 0.1) is 22.7 Å². The summed E-state index contributed by atoms with van der Waals surface area (Å²) in [6.07, 6.45) is 0.0614. The maximum Gasteiger partial charge on any atom is 0.243 e. The molecule has 4 aliphatic rings. The summed E-state index contributed by atoms with van der Waals surface area (Å²) in [6, 6.07) is 5.92. The van der Waals surface area contributed by atoms with Crippen LogP contribution in [-0.4, -0.2) is 42.5 Å². The monoisotopic (exact) mass is 410 g/mol. The third-order valence-electron chi connectivity index (χ3n) is 7.73. The molecule has 4 nitrogen and oxygen atoms in total. The number of quaternary nitrogens is 2. The third-order valence-corrected chi connectivity index (χ3v) is 8.23. The summed E-state index contributed by atoms with van der Waals surface area (Å²) < 4.78 is 0.917. The van der Waals surface area contributed by atoms with Gasteiger partial charge in [0.25, 0.3) is 0 Å². The Morgan fingerprint density at radius 2 is 1.48 bits per heavy atom. The first-order valence-electron chi connectivity index (χ1n) is 9.57. The van der Waals surface area contributed by atoms with Gasteiger partial charge < -0.3 is 10.2 Å². The lowest BCUT2D eigenvalue weighted by Crippen LogP contribution is -3.41.